The second kappa shape index (κ2) is 6.23. The average Bonchev–Trinajstić information content (AvgIpc) is 3.17. The van der Waals surface area contributed by atoms with Gasteiger partial charge in [-0.15, -0.1) is 11.3 Å². The Bertz CT molecular complexity index is 891. The van der Waals surface area contributed by atoms with Crippen molar-refractivity contribution in [2.75, 3.05) is 0 Å². The second-order valence-corrected chi connectivity index (χ2v) is 6.39. The minimum Gasteiger partial charge on any atom is -0.144 e. The van der Waals surface area contributed by atoms with Crippen LogP contribution < -0.4 is 0 Å². The highest BCUT2D eigenvalue weighted by Gasteiger charge is 2.13. The van der Waals surface area contributed by atoms with Crippen LogP contribution in [-0.2, 0) is 0 Å². The first-order valence-corrected chi connectivity index (χ1v) is 8.59. The number of hydrogen-bond acceptors (Lipinski definition) is 1. The van der Waals surface area contributed by atoms with Gasteiger partial charge in [-0.05, 0) is 33.7 Å². The summed E-state index contributed by atoms with van der Waals surface area (Å²) in [6.45, 7) is 0. The third-order valence-electron chi connectivity index (χ3n) is 4.00. The third kappa shape index (κ3) is 2.71. The molecule has 0 spiro atoms. The standard InChI is InChI=1S/C22H16S/c1-3-9-17(10-4-1)19-13-7-14-20(21-15-8-16-23-21)22(19)18-11-5-2-6-12-18/h1-16H. The van der Waals surface area contributed by atoms with Gasteiger partial charge in [-0.25, -0.2) is 0 Å². The molecule has 4 rings (SSSR count). The van der Waals surface area contributed by atoms with Crippen LogP contribution >= 0.6 is 11.3 Å². The Morgan fingerprint density at radius 1 is 0.478 bits per heavy atom. The first-order valence-electron chi connectivity index (χ1n) is 7.71. The van der Waals surface area contributed by atoms with Crippen molar-refractivity contribution in [2.24, 2.45) is 0 Å². The first kappa shape index (κ1) is 14.0. The van der Waals surface area contributed by atoms with Gasteiger partial charge >= 0.3 is 0 Å². The minimum atomic E-state index is 1.25. The van der Waals surface area contributed by atoms with Crippen molar-refractivity contribution in [2.45, 2.75) is 0 Å². The Morgan fingerprint density at radius 3 is 1.78 bits per heavy atom. The molecule has 0 radical (unpaired) electrons. The Hall–Kier alpha value is -2.64. The summed E-state index contributed by atoms with van der Waals surface area (Å²) in [5.41, 5.74) is 6.40. The Morgan fingerprint density at radius 2 is 1.13 bits per heavy atom. The summed E-state index contributed by atoms with van der Waals surface area (Å²) >= 11 is 1.79. The fourth-order valence-electron chi connectivity index (χ4n) is 2.96. The summed E-state index contributed by atoms with van der Waals surface area (Å²) in [6, 6.07) is 32.2. The van der Waals surface area contributed by atoms with Crippen LogP contribution in [0.5, 0.6) is 0 Å². The van der Waals surface area contributed by atoms with E-state index in [0.717, 1.165) is 0 Å². The molecule has 0 amide bonds. The maximum atomic E-state index is 2.22. The van der Waals surface area contributed by atoms with E-state index in [-0.39, 0.29) is 0 Å². The second-order valence-electron chi connectivity index (χ2n) is 5.44. The topological polar surface area (TPSA) is 0 Å². The summed E-state index contributed by atoms with van der Waals surface area (Å²) in [5.74, 6) is 0. The van der Waals surface area contributed by atoms with Gasteiger partial charge in [0.15, 0.2) is 0 Å². The lowest BCUT2D eigenvalue weighted by atomic mass is 9.90. The predicted octanol–water partition coefficient (Wildman–Crippen LogP) is 6.75. The van der Waals surface area contributed by atoms with E-state index in [1.54, 1.807) is 11.3 Å². The van der Waals surface area contributed by atoms with Crippen molar-refractivity contribution in [3.8, 4) is 32.7 Å². The Balaban J connectivity index is 2.02. The molecule has 0 aliphatic rings. The number of rotatable bonds is 3. The van der Waals surface area contributed by atoms with Crippen LogP contribution in [0.4, 0.5) is 0 Å². The zero-order chi connectivity index (χ0) is 15.5. The van der Waals surface area contributed by atoms with Gasteiger partial charge < -0.3 is 0 Å². The van der Waals surface area contributed by atoms with Crippen LogP contribution in [0.15, 0.2) is 96.4 Å². The summed E-state index contributed by atoms with van der Waals surface area (Å²) in [7, 11) is 0. The van der Waals surface area contributed by atoms with Crippen LogP contribution in [0.25, 0.3) is 32.7 Å². The van der Waals surface area contributed by atoms with Crippen LogP contribution in [0, 0.1) is 0 Å². The molecule has 110 valence electrons. The maximum Gasteiger partial charge on any atom is 0.0349 e. The highest BCUT2D eigenvalue weighted by Crippen LogP contribution is 2.41. The summed E-state index contributed by atoms with van der Waals surface area (Å²) < 4.78 is 0. The predicted molar refractivity (Wildman–Crippen MR) is 101 cm³/mol. The molecule has 3 aromatic carbocycles. The van der Waals surface area contributed by atoms with E-state index >= 15 is 0 Å². The molecule has 0 unspecified atom stereocenters. The fourth-order valence-corrected chi connectivity index (χ4v) is 3.72. The molecule has 0 nitrogen and oxygen atoms in total. The molecule has 0 aliphatic heterocycles. The van der Waals surface area contributed by atoms with E-state index in [9.17, 15) is 0 Å². The van der Waals surface area contributed by atoms with Crippen LogP contribution in [0.1, 0.15) is 0 Å². The normalized spacial score (nSPS) is 10.6. The van der Waals surface area contributed by atoms with Crippen LogP contribution in [0.2, 0.25) is 0 Å². The largest absolute Gasteiger partial charge is 0.144 e. The quantitative estimate of drug-likeness (QED) is 0.392. The molecule has 0 bridgehead atoms. The molecular weight excluding hydrogens is 296 g/mol. The molecule has 0 N–H and O–H groups in total. The van der Waals surface area contributed by atoms with Crippen molar-refractivity contribution in [3.05, 3.63) is 96.4 Å². The number of thiophene rings is 1. The van der Waals surface area contributed by atoms with E-state index in [2.05, 4.69) is 96.4 Å². The average molecular weight is 312 g/mol. The molecule has 0 saturated carbocycles. The van der Waals surface area contributed by atoms with Gasteiger partial charge in [0.1, 0.15) is 0 Å². The molecule has 4 aromatic rings. The van der Waals surface area contributed by atoms with Gasteiger partial charge in [-0.3, -0.25) is 0 Å². The molecule has 1 heteroatoms. The number of hydrogen-bond donors (Lipinski definition) is 0. The van der Waals surface area contributed by atoms with Gasteiger partial charge in [0.05, 0.1) is 0 Å². The van der Waals surface area contributed by atoms with E-state index in [1.165, 1.54) is 32.7 Å². The SMILES string of the molecule is c1ccc(-c2cccc(-c3cccs3)c2-c2ccccc2)cc1. The zero-order valence-corrected chi connectivity index (χ0v) is 13.5. The third-order valence-corrected chi connectivity index (χ3v) is 4.90. The monoisotopic (exact) mass is 312 g/mol. The Kier molecular flexibility index (Phi) is 3.79. The van der Waals surface area contributed by atoms with E-state index < -0.39 is 0 Å². The smallest absolute Gasteiger partial charge is 0.0349 e. The summed E-state index contributed by atoms with van der Waals surface area (Å²) in [6.07, 6.45) is 0. The molecule has 0 saturated heterocycles. The lowest BCUT2D eigenvalue weighted by Crippen LogP contribution is -1.88. The van der Waals surface area contributed by atoms with Crippen molar-refractivity contribution in [3.63, 3.8) is 0 Å². The Labute approximate surface area is 140 Å². The lowest BCUT2D eigenvalue weighted by Gasteiger charge is -2.15. The highest BCUT2D eigenvalue weighted by atomic mass is 32.1. The van der Waals surface area contributed by atoms with Crippen LogP contribution in [0.3, 0.4) is 0 Å². The minimum absolute atomic E-state index is 1.25. The first-order chi connectivity index (χ1) is 11.4. The maximum absolute atomic E-state index is 2.22. The van der Waals surface area contributed by atoms with Gasteiger partial charge in [-0.2, -0.15) is 0 Å². The molecule has 23 heavy (non-hydrogen) atoms. The van der Waals surface area contributed by atoms with E-state index in [1.807, 2.05) is 0 Å². The summed E-state index contributed by atoms with van der Waals surface area (Å²) in [4.78, 5) is 1.31. The van der Waals surface area contributed by atoms with Gasteiger partial charge in [0.2, 0.25) is 0 Å². The lowest BCUT2D eigenvalue weighted by molar-refractivity contribution is 1.58. The summed E-state index contributed by atoms with van der Waals surface area (Å²) in [5, 5.41) is 2.14. The van der Waals surface area contributed by atoms with Crippen molar-refractivity contribution in [1.29, 1.82) is 0 Å². The van der Waals surface area contributed by atoms with Crippen molar-refractivity contribution >= 4 is 11.3 Å². The van der Waals surface area contributed by atoms with Crippen molar-refractivity contribution in [1.82, 2.24) is 0 Å². The molecule has 1 aromatic heterocycles. The van der Waals surface area contributed by atoms with Crippen molar-refractivity contribution < 1.29 is 0 Å². The molecular formula is C22H16S. The molecule has 1 heterocycles. The molecule has 0 fully saturated rings. The van der Waals surface area contributed by atoms with E-state index in [0.29, 0.717) is 0 Å². The van der Waals surface area contributed by atoms with Crippen LogP contribution in [-0.4, -0.2) is 0 Å². The van der Waals surface area contributed by atoms with Gasteiger partial charge in [0.25, 0.3) is 0 Å². The fraction of sp³-hybridized carbons (Fsp3) is 0. The van der Waals surface area contributed by atoms with E-state index in [4.69, 9.17) is 0 Å². The molecule has 0 aliphatic carbocycles. The highest BCUT2D eigenvalue weighted by molar-refractivity contribution is 7.13. The van der Waals surface area contributed by atoms with Gasteiger partial charge in [-0.1, -0.05) is 84.9 Å². The molecule has 0 atom stereocenters. The van der Waals surface area contributed by atoms with Gasteiger partial charge in [0, 0.05) is 10.4 Å². The zero-order valence-electron chi connectivity index (χ0n) is 12.6. The number of benzene rings is 3.